The average Bonchev–Trinajstić information content (AvgIpc) is 2.00. The second-order valence-corrected chi connectivity index (χ2v) is 2.65. The van der Waals surface area contributed by atoms with Gasteiger partial charge >= 0.3 is 5.97 Å². The summed E-state index contributed by atoms with van der Waals surface area (Å²) in [5.74, 6) is 4.80. The van der Waals surface area contributed by atoms with Crippen molar-refractivity contribution in [3.8, 4) is 11.8 Å². The molecule has 0 aliphatic carbocycles. The Labute approximate surface area is 73.6 Å². The molecule has 0 fully saturated rings. The molecule has 66 valence electrons. The Kier molecular flexibility index (Phi) is 4.87. The van der Waals surface area contributed by atoms with Gasteiger partial charge in [-0.2, -0.15) is 0 Å². The van der Waals surface area contributed by atoms with Crippen LogP contribution in [0.15, 0.2) is 12.2 Å². The fourth-order valence-electron chi connectivity index (χ4n) is 0.443. The van der Waals surface area contributed by atoms with E-state index in [4.69, 9.17) is 0 Å². The van der Waals surface area contributed by atoms with Crippen LogP contribution in [-0.4, -0.2) is 12.6 Å². The lowest BCUT2D eigenvalue weighted by atomic mass is 10.1. The summed E-state index contributed by atoms with van der Waals surface area (Å²) in [5, 5.41) is 0. The second kappa shape index (κ2) is 5.42. The number of carbonyl (C=O) groups excluding carboxylic acids is 1. The summed E-state index contributed by atoms with van der Waals surface area (Å²) in [6.07, 6.45) is 0. The van der Waals surface area contributed by atoms with Crippen molar-refractivity contribution in [2.24, 2.45) is 5.92 Å². The molecule has 2 nitrogen and oxygen atoms in total. The van der Waals surface area contributed by atoms with E-state index in [1.54, 1.807) is 6.92 Å². The van der Waals surface area contributed by atoms with Crippen molar-refractivity contribution in [3.05, 3.63) is 12.2 Å². The smallest absolute Gasteiger partial charge is 0.384 e. The minimum absolute atomic E-state index is 0.284. The maximum Gasteiger partial charge on any atom is 0.384 e. The van der Waals surface area contributed by atoms with Gasteiger partial charge in [0.05, 0.1) is 6.61 Å². The van der Waals surface area contributed by atoms with Crippen LogP contribution in [-0.2, 0) is 9.53 Å². The Balaban J connectivity index is 4.03. The molecule has 0 heterocycles. The molecule has 0 aliphatic heterocycles. The summed E-state index contributed by atoms with van der Waals surface area (Å²) in [6.45, 7) is 9.76. The van der Waals surface area contributed by atoms with E-state index in [-0.39, 0.29) is 5.92 Å². The molecular weight excluding hydrogens is 152 g/mol. The van der Waals surface area contributed by atoms with Gasteiger partial charge < -0.3 is 4.74 Å². The Bertz CT molecular complexity index is 228. The van der Waals surface area contributed by atoms with Crippen molar-refractivity contribution in [2.45, 2.75) is 20.8 Å². The second-order valence-electron chi connectivity index (χ2n) is 2.65. The fourth-order valence-corrected chi connectivity index (χ4v) is 0.443. The summed E-state index contributed by atoms with van der Waals surface area (Å²) in [4.78, 5) is 10.7. The van der Waals surface area contributed by atoms with Crippen molar-refractivity contribution >= 4 is 5.97 Å². The molecule has 0 rings (SSSR count). The standard InChI is InChI=1S/C10H14O2/c1-5-12-10(11)7-6-9(4)8(2)3/h8H,4-5H2,1-3H3. The Morgan fingerprint density at radius 3 is 2.50 bits per heavy atom. The highest BCUT2D eigenvalue weighted by molar-refractivity contribution is 5.89. The van der Waals surface area contributed by atoms with Crippen LogP contribution in [0.4, 0.5) is 0 Å². The first-order valence-corrected chi connectivity index (χ1v) is 3.95. The fraction of sp³-hybridized carbons (Fsp3) is 0.500. The van der Waals surface area contributed by atoms with Gasteiger partial charge in [-0.15, -0.1) is 0 Å². The third kappa shape index (κ3) is 4.56. The average molecular weight is 166 g/mol. The molecule has 0 saturated carbocycles. The summed E-state index contributed by atoms with van der Waals surface area (Å²) in [6, 6.07) is 0. The van der Waals surface area contributed by atoms with E-state index in [1.807, 2.05) is 13.8 Å². The van der Waals surface area contributed by atoms with Gasteiger partial charge in [-0.25, -0.2) is 4.79 Å². The highest BCUT2D eigenvalue weighted by Gasteiger charge is 1.96. The van der Waals surface area contributed by atoms with Crippen LogP contribution in [0.25, 0.3) is 0 Å². The van der Waals surface area contributed by atoms with Crippen molar-refractivity contribution in [1.82, 2.24) is 0 Å². The van der Waals surface area contributed by atoms with E-state index in [1.165, 1.54) is 0 Å². The van der Waals surface area contributed by atoms with Gasteiger partial charge in [0.1, 0.15) is 0 Å². The first-order valence-electron chi connectivity index (χ1n) is 3.95. The normalized spacial score (nSPS) is 8.67. The largest absolute Gasteiger partial charge is 0.456 e. The van der Waals surface area contributed by atoms with Crippen LogP contribution in [0.5, 0.6) is 0 Å². The van der Waals surface area contributed by atoms with Crippen molar-refractivity contribution < 1.29 is 9.53 Å². The van der Waals surface area contributed by atoms with Gasteiger partial charge in [-0.1, -0.05) is 26.3 Å². The van der Waals surface area contributed by atoms with Crippen LogP contribution < -0.4 is 0 Å². The lowest BCUT2D eigenvalue weighted by Gasteiger charge is -1.98. The van der Waals surface area contributed by atoms with Gasteiger partial charge in [0.2, 0.25) is 0 Å². The van der Waals surface area contributed by atoms with E-state index in [2.05, 4.69) is 23.2 Å². The molecule has 0 spiro atoms. The zero-order valence-electron chi connectivity index (χ0n) is 7.81. The number of carbonyl (C=O) groups is 1. The van der Waals surface area contributed by atoms with Gasteiger partial charge in [-0.05, 0) is 18.4 Å². The molecule has 0 unspecified atom stereocenters. The molecule has 0 saturated heterocycles. The zero-order chi connectivity index (χ0) is 9.56. The molecular formula is C10H14O2. The molecule has 0 N–H and O–H groups in total. The molecule has 0 radical (unpaired) electrons. The van der Waals surface area contributed by atoms with Crippen LogP contribution in [0.2, 0.25) is 0 Å². The molecule has 0 aromatic rings. The SMILES string of the molecule is C=C(C#CC(=O)OCC)C(C)C. The van der Waals surface area contributed by atoms with E-state index in [0.717, 1.165) is 5.57 Å². The maximum absolute atomic E-state index is 10.7. The van der Waals surface area contributed by atoms with Crippen LogP contribution >= 0.6 is 0 Å². The summed E-state index contributed by atoms with van der Waals surface area (Å²) < 4.78 is 4.62. The summed E-state index contributed by atoms with van der Waals surface area (Å²) in [5.41, 5.74) is 0.753. The summed E-state index contributed by atoms with van der Waals surface area (Å²) in [7, 11) is 0. The molecule has 0 bridgehead atoms. The third-order valence-corrected chi connectivity index (χ3v) is 1.30. The van der Waals surface area contributed by atoms with Crippen molar-refractivity contribution in [3.63, 3.8) is 0 Å². The molecule has 0 aliphatic rings. The number of esters is 1. The highest BCUT2D eigenvalue weighted by Crippen LogP contribution is 2.03. The molecule has 2 heteroatoms. The van der Waals surface area contributed by atoms with Crippen LogP contribution in [0.1, 0.15) is 20.8 Å². The first kappa shape index (κ1) is 10.8. The lowest BCUT2D eigenvalue weighted by molar-refractivity contribution is -0.136. The molecule has 12 heavy (non-hydrogen) atoms. The number of hydrogen-bond acceptors (Lipinski definition) is 2. The minimum Gasteiger partial charge on any atom is -0.456 e. The number of rotatable bonds is 2. The summed E-state index contributed by atoms with van der Waals surface area (Å²) >= 11 is 0. The third-order valence-electron chi connectivity index (χ3n) is 1.30. The van der Waals surface area contributed by atoms with Gasteiger partial charge in [0.25, 0.3) is 0 Å². The lowest BCUT2D eigenvalue weighted by Crippen LogP contribution is -2.00. The maximum atomic E-state index is 10.7. The zero-order valence-corrected chi connectivity index (χ0v) is 7.81. The predicted octanol–water partition coefficient (Wildman–Crippen LogP) is 1.77. The minimum atomic E-state index is -0.487. The predicted molar refractivity (Wildman–Crippen MR) is 48.4 cm³/mol. The topological polar surface area (TPSA) is 26.3 Å². The first-order chi connectivity index (χ1) is 5.57. The number of allylic oxidation sites excluding steroid dienone is 1. The highest BCUT2D eigenvalue weighted by atomic mass is 16.5. The molecule has 0 aromatic carbocycles. The van der Waals surface area contributed by atoms with E-state index in [0.29, 0.717) is 6.61 Å². The van der Waals surface area contributed by atoms with E-state index >= 15 is 0 Å². The Morgan fingerprint density at radius 1 is 1.50 bits per heavy atom. The van der Waals surface area contributed by atoms with Gasteiger partial charge in [0, 0.05) is 5.92 Å². The number of ether oxygens (including phenoxy) is 1. The van der Waals surface area contributed by atoms with E-state index in [9.17, 15) is 4.79 Å². The molecule has 0 atom stereocenters. The van der Waals surface area contributed by atoms with Crippen molar-refractivity contribution in [2.75, 3.05) is 6.61 Å². The van der Waals surface area contributed by atoms with Gasteiger partial charge in [-0.3, -0.25) is 0 Å². The van der Waals surface area contributed by atoms with E-state index < -0.39 is 5.97 Å². The quantitative estimate of drug-likeness (QED) is 0.355. The Hall–Kier alpha value is -1.23. The number of hydrogen-bond donors (Lipinski definition) is 0. The molecule has 0 aromatic heterocycles. The van der Waals surface area contributed by atoms with Crippen molar-refractivity contribution in [1.29, 1.82) is 0 Å². The monoisotopic (exact) mass is 166 g/mol. The van der Waals surface area contributed by atoms with Crippen LogP contribution in [0, 0.1) is 17.8 Å². The Morgan fingerprint density at radius 2 is 2.08 bits per heavy atom. The van der Waals surface area contributed by atoms with Gasteiger partial charge in [0.15, 0.2) is 0 Å². The molecule has 0 amide bonds. The van der Waals surface area contributed by atoms with Crippen LogP contribution in [0.3, 0.4) is 0 Å².